The topological polar surface area (TPSA) is 54.2 Å². The molecule has 2 aromatic heterocycles. The summed E-state index contributed by atoms with van der Waals surface area (Å²) < 4.78 is 1.83. The molecule has 3 rings (SSSR count). The van der Waals surface area contributed by atoms with Crippen LogP contribution in [0.2, 0.25) is 0 Å². The zero-order valence-corrected chi connectivity index (χ0v) is 9.27. The summed E-state index contributed by atoms with van der Waals surface area (Å²) in [6, 6.07) is 1.97. The minimum Gasteiger partial charge on any atom is -0.362 e. The molecule has 16 heavy (non-hydrogen) atoms. The fourth-order valence-corrected chi connectivity index (χ4v) is 2.16. The second kappa shape index (κ2) is 3.45. The monoisotopic (exact) mass is 217 g/mol. The maximum absolute atomic E-state index is 4.39. The van der Waals surface area contributed by atoms with Crippen LogP contribution in [0.25, 0.3) is 5.52 Å². The Hall–Kier alpha value is -1.62. The maximum atomic E-state index is 4.39. The van der Waals surface area contributed by atoms with Crippen LogP contribution in [0.5, 0.6) is 0 Å². The van der Waals surface area contributed by atoms with E-state index in [0.717, 1.165) is 30.8 Å². The third kappa shape index (κ3) is 1.53. The molecule has 3 heterocycles. The van der Waals surface area contributed by atoms with Gasteiger partial charge in [0.1, 0.15) is 5.52 Å². The highest BCUT2D eigenvalue weighted by molar-refractivity contribution is 5.67. The SMILES string of the molecule is CC1(Nc2nccn3nccc23)CCNC1. The largest absolute Gasteiger partial charge is 0.362 e. The summed E-state index contributed by atoms with van der Waals surface area (Å²) in [7, 11) is 0. The molecule has 0 spiro atoms. The number of aromatic nitrogens is 3. The molecule has 0 radical (unpaired) electrons. The molecule has 1 atom stereocenters. The van der Waals surface area contributed by atoms with Crippen molar-refractivity contribution in [1.29, 1.82) is 0 Å². The van der Waals surface area contributed by atoms with Crippen LogP contribution in [-0.4, -0.2) is 33.2 Å². The van der Waals surface area contributed by atoms with Crippen molar-refractivity contribution in [3.63, 3.8) is 0 Å². The molecule has 5 nitrogen and oxygen atoms in total. The van der Waals surface area contributed by atoms with E-state index in [1.807, 2.05) is 16.8 Å². The van der Waals surface area contributed by atoms with Gasteiger partial charge in [-0.05, 0) is 26.0 Å². The Morgan fingerprint density at radius 2 is 2.44 bits per heavy atom. The summed E-state index contributed by atoms with van der Waals surface area (Å²) in [6.07, 6.45) is 6.53. The molecule has 0 saturated carbocycles. The smallest absolute Gasteiger partial charge is 0.152 e. The summed E-state index contributed by atoms with van der Waals surface area (Å²) in [5, 5.41) is 11.1. The first-order chi connectivity index (χ1) is 7.77. The van der Waals surface area contributed by atoms with Gasteiger partial charge in [-0.15, -0.1) is 0 Å². The summed E-state index contributed by atoms with van der Waals surface area (Å²) >= 11 is 0. The number of nitrogens with zero attached hydrogens (tertiary/aromatic N) is 3. The van der Waals surface area contributed by atoms with E-state index < -0.39 is 0 Å². The molecule has 0 amide bonds. The lowest BCUT2D eigenvalue weighted by Gasteiger charge is -2.25. The van der Waals surface area contributed by atoms with Gasteiger partial charge in [0.05, 0.1) is 6.20 Å². The van der Waals surface area contributed by atoms with Gasteiger partial charge in [0.25, 0.3) is 0 Å². The number of rotatable bonds is 2. The van der Waals surface area contributed by atoms with Crippen molar-refractivity contribution in [2.24, 2.45) is 0 Å². The molecule has 84 valence electrons. The third-order valence-electron chi connectivity index (χ3n) is 3.11. The summed E-state index contributed by atoms with van der Waals surface area (Å²) in [5.74, 6) is 0.909. The molecule has 0 aliphatic carbocycles. The van der Waals surface area contributed by atoms with Gasteiger partial charge < -0.3 is 10.6 Å². The molecule has 1 saturated heterocycles. The van der Waals surface area contributed by atoms with Gasteiger partial charge in [0.2, 0.25) is 0 Å². The number of fused-ring (bicyclic) bond motifs is 1. The van der Waals surface area contributed by atoms with Crippen molar-refractivity contribution < 1.29 is 0 Å². The third-order valence-corrected chi connectivity index (χ3v) is 3.11. The van der Waals surface area contributed by atoms with Crippen molar-refractivity contribution in [2.75, 3.05) is 18.4 Å². The number of nitrogens with one attached hydrogen (secondary N) is 2. The first-order valence-corrected chi connectivity index (χ1v) is 5.54. The van der Waals surface area contributed by atoms with E-state index in [1.54, 1.807) is 12.4 Å². The Kier molecular flexibility index (Phi) is 2.07. The summed E-state index contributed by atoms with van der Waals surface area (Å²) in [4.78, 5) is 4.39. The van der Waals surface area contributed by atoms with Gasteiger partial charge in [-0.25, -0.2) is 9.50 Å². The molecule has 0 aromatic carbocycles. The highest BCUT2D eigenvalue weighted by Crippen LogP contribution is 2.22. The zero-order chi connectivity index (χ0) is 11.0. The maximum Gasteiger partial charge on any atom is 0.152 e. The number of hydrogen-bond donors (Lipinski definition) is 2. The Morgan fingerprint density at radius 1 is 1.50 bits per heavy atom. The van der Waals surface area contributed by atoms with Crippen LogP contribution in [-0.2, 0) is 0 Å². The van der Waals surface area contributed by atoms with E-state index in [1.165, 1.54) is 0 Å². The highest BCUT2D eigenvalue weighted by atomic mass is 15.2. The summed E-state index contributed by atoms with van der Waals surface area (Å²) in [5.41, 5.74) is 1.12. The Balaban J connectivity index is 1.96. The van der Waals surface area contributed by atoms with E-state index in [4.69, 9.17) is 0 Å². The average molecular weight is 217 g/mol. The highest BCUT2D eigenvalue weighted by Gasteiger charge is 2.29. The number of hydrogen-bond acceptors (Lipinski definition) is 4. The molecule has 0 bridgehead atoms. The predicted octanol–water partition coefficient (Wildman–Crippen LogP) is 0.893. The van der Waals surface area contributed by atoms with E-state index in [9.17, 15) is 0 Å². The van der Waals surface area contributed by atoms with Crippen molar-refractivity contribution in [1.82, 2.24) is 19.9 Å². The first kappa shape index (κ1) is 9.59. The molecular weight excluding hydrogens is 202 g/mol. The minimum absolute atomic E-state index is 0.0963. The van der Waals surface area contributed by atoms with Gasteiger partial charge in [-0.2, -0.15) is 5.10 Å². The van der Waals surface area contributed by atoms with Gasteiger partial charge in [0.15, 0.2) is 5.82 Å². The molecule has 2 aromatic rings. The second-order valence-electron chi connectivity index (χ2n) is 4.55. The predicted molar refractivity (Wildman–Crippen MR) is 62.5 cm³/mol. The van der Waals surface area contributed by atoms with Crippen LogP contribution in [0.3, 0.4) is 0 Å². The lowest BCUT2D eigenvalue weighted by molar-refractivity contribution is 0.564. The van der Waals surface area contributed by atoms with Crippen LogP contribution >= 0.6 is 0 Å². The fourth-order valence-electron chi connectivity index (χ4n) is 2.16. The van der Waals surface area contributed by atoms with E-state index in [2.05, 4.69) is 27.6 Å². The van der Waals surface area contributed by atoms with Crippen LogP contribution in [0.4, 0.5) is 5.82 Å². The molecular formula is C11H15N5. The Labute approximate surface area is 93.9 Å². The van der Waals surface area contributed by atoms with E-state index in [-0.39, 0.29) is 5.54 Å². The molecule has 2 N–H and O–H groups in total. The second-order valence-corrected chi connectivity index (χ2v) is 4.55. The Bertz CT molecular complexity index is 498. The standard InChI is InChI=1S/C11H15N5/c1-11(3-5-12-8-11)15-10-9-2-4-14-16(9)7-6-13-10/h2,4,6-7,12H,3,5,8H2,1H3,(H,13,15). The van der Waals surface area contributed by atoms with Gasteiger partial charge in [0, 0.05) is 24.5 Å². The molecule has 5 heteroatoms. The van der Waals surface area contributed by atoms with Crippen LogP contribution < -0.4 is 10.6 Å². The fraction of sp³-hybridized carbons (Fsp3) is 0.455. The number of anilines is 1. The van der Waals surface area contributed by atoms with Crippen molar-refractivity contribution in [3.05, 3.63) is 24.7 Å². The minimum atomic E-state index is 0.0963. The van der Waals surface area contributed by atoms with Crippen LogP contribution in [0, 0.1) is 0 Å². The molecule has 1 unspecified atom stereocenters. The van der Waals surface area contributed by atoms with E-state index in [0.29, 0.717) is 0 Å². The van der Waals surface area contributed by atoms with Gasteiger partial charge >= 0.3 is 0 Å². The van der Waals surface area contributed by atoms with Crippen LogP contribution in [0.1, 0.15) is 13.3 Å². The van der Waals surface area contributed by atoms with E-state index >= 15 is 0 Å². The normalized spacial score (nSPS) is 25.1. The average Bonchev–Trinajstić information content (AvgIpc) is 2.87. The Morgan fingerprint density at radius 3 is 3.25 bits per heavy atom. The lowest BCUT2D eigenvalue weighted by atomic mass is 10.0. The van der Waals surface area contributed by atoms with Crippen molar-refractivity contribution >= 4 is 11.3 Å². The van der Waals surface area contributed by atoms with Crippen molar-refractivity contribution in [2.45, 2.75) is 18.9 Å². The molecule has 1 aliphatic heterocycles. The quantitative estimate of drug-likeness (QED) is 0.784. The lowest BCUT2D eigenvalue weighted by Crippen LogP contribution is -2.37. The molecule has 1 aliphatic rings. The van der Waals surface area contributed by atoms with Gasteiger partial charge in [-0.3, -0.25) is 0 Å². The summed E-state index contributed by atoms with van der Waals surface area (Å²) in [6.45, 7) is 4.25. The van der Waals surface area contributed by atoms with Gasteiger partial charge in [-0.1, -0.05) is 0 Å². The zero-order valence-electron chi connectivity index (χ0n) is 9.27. The molecule has 1 fully saturated rings. The van der Waals surface area contributed by atoms with Crippen molar-refractivity contribution in [3.8, 4) is 0 Å². The first-order valence-electron chi connectivity index (χ1n) is 5.54. The van der Waals surface area contributed by atoms with Crippen LogP contribution in [0.15, 0.2) is 24.7 Å².